The highest BCUT2D eigenvalue weighted by Crippen LogP contribution is 2.24. The lowest BCUT2D eigenvalue weighted by Gasteiger charge is -2.10. The lowest BCUT2D eigenvalue weighted by atomic mass is 10.2. The quantitative estimate of drug-likeness (QED) is 0.831. The second-order valence-corrected chi connectivity index (χ2v) is 4.53. The first kappa shape index (κ1) is 14.6. The van der Waals surface area contributed by atoms with Gasteiger partial charge in [0.15, 0.2) is 0 Å². The Morgan fingerprint density at radius 1 is 1.05 bits per heavy atom. The van der Waals surface area contributed by atoms with Crippen LogP contribution in [0, 0.1) is 5.82 Å². The van der Waals surface area contributed by atoms with Crippen LogP contribution in [0.5, 0.6) is 11.5 Å². The Bertz CT molecular complexity index is 578. The molecule has 2 N–H and O–H groups in total. The minimum atomic E-state index is -0.391. The van der Waals surface area contributed by atoms with Gasteiger partial charge in [0.1, 0.15) is 30.5 Å². The van der Waals surface area contributed by atoms with Gasteiger partial charge in [0.25, 0.3) is 0 Å². The summed E-state index contributed by atoms with van der Waals surface area (Å²) in [6, 6.07) is 11.5. The van der Waals surface area contributed by atoms with Crippen LogP contribution in [-0.4, -0.2) is 13.2 Å². The van der Waals surface area contributed by atoms with Gasteiger partial charge in [0.2, 0.25) is 0 Å². The van der Waals surface area contributed by atoms with Gasteiger partial charge in [0, 0.05) is 6.54 Å². The molecule has 0 bridgehead atoms. The smallest absolute Gasteiger partial charge is 0.138 e. The molecular weight excluding hydrogens is 281 g/mol. The first-order chi connectivity index (χ1) is 9.69. The highest BCUT2D eigenvalue weighted by atomic mass is 35.5. The number of hydrogen-bond donors (Lipinski definition) is 1. The first-order valence-electron chi connectivity index (χ1n) is 6.18. The monoisotopic (exact) mass is 295 g/mol. The van der Waals surface area contributed by atoms with E-state index in [2.05, 4.69) is 0 Å². The predicted octanol–water partition coefficient (Wildman–Crippen LogP) is 3.40. The Balaban J connectivity index is 1.81. The number of benzene rings is 2. The van der Waals surface area contributed by atoms with E-state index in [0.29, 0.717) is 25.5 Å². The van der Waals surface area contributed by atoms with Gasteiger partial charge >= 0.3 is 0 Å². The molecule has 0 saturated carbocycles. The van der Waals surface area contributed by atoms with E-state index >= 15 is 0 Å². The molecule has 0 aromatic heterocycles. The van der Waals surface area contributed by atoms with Gasteiger partial charge in [0.05, 0.1) is 5.02 Å². The van der Waals surface area contributed by atoms with Crippen molar-refractivity contribution in [1.29, 1.82) is 0 Å². The number of rotatable bonds is 6. The molecule has 0 aliphatic heterocycles. The Hall–Kier alpha value is -1.78. The third-order valence-corrected chi connectivity index (χ3v) is 2.93. The first-order valence-corrected chi connectivity index (χ1v) is 6.56. The molecule has 0 spiro atoms. The van der Waals surface area contributed by atoms with Crippen molar-refractivity contribution in [2.75, 3.05) is 13.2 Å². The van der Waals surface area contributed by atoms with Crippen LogP contribution < -0.4 is 15.2 Å². The molecule has 3 nitrogen and oxygen atoms in total. The molecule has 0 unspecified atom stereocenters. The second-order valence-electron chi connectivity index (χ2n) is 4.12. The Kier molecular flexibility index (Phi) is 5.21. The maximum atomic E-state index is 12.9. The molecule has 0 heterocycles. The second kappa shape index (κ2) is 7.12. The molecule has 2 rings (SSSR count). The van der Waals surface area contributed by atoms with Crippen LogP contribution in [0.15, 0.2) is 42.5 Å². The summed E-state index contributed by atoms with van der Waals surface area (Å²) in [6.07, 6.45) is 0. The Morgan fingerprint density at radius 2 is 1.85 bits per heavy atom. The lowest BCUT2D eigenvalue weighted by molar-refractivity contribution is 0.217. The van der Waals surface area contributed by atoms with Crippen molar-refractivity contribution < 1.29 is 13.9 Å². The van der Waals surface area contributed by atoms with Crippen LogP contribution in [0.4, 0.5) is 4.39 Å². The standard InChI is InChI=1S/C15H15ClFNO2/c16-14-9-12(17)4-5-15(14)20-7-6-19-13-3-1-2-11(8-13)10-18/h1-5,8-9H,6-7,10,18H2. The zero-order valence-corrected chi connectivity index (χ0v) is 11.6. The van der Waals surface area contributed by atoms with Crippen LogP contribution in [-0.2, 0) is 6.54 Å². The fourth-order valence-corrected chi connectivity index (χ4v) is 1.89. The van der Waals surface area contributed by atoms with Crippen molar-refractivity contribution in [2.45, 2.75) is 6.54 Å². The van der Waals surface area contributed by atoms with E-state index in [1.807, 2.05) is 24.3 Å². The SMILES string of the molecule is NCc1cccc(OCCOc2ccc(F)cc2Cl)c1. The van der Waals surface area contributed by atoms with E-state index in [1.165, 1.54) is 18.2 Å². The molecule has 0 atom stereocenters. The summed E-state index contributed by atoms with van der Waals surface area (Å²) in [4.78, 5) is 0. The summed E-state index contributed by atoms with van der Waals surface area (Å²) in [5.41, 5.74) is 6.56. The summed E-state index contributed by atoms with van der Waals surface area (Å²) >= 11 is 5.85. The number of nitrogens with two attached hydrogens (primary N) is 1. The minimum Gasteiger partial charge on any atom is -0.490 e. The third-order valence-electron chi connectivity index (χ3n) is 2.64. The number of ether oxygens (including phenoxy) is 2. The van der Waals surface area contributed by atoms with Crippen molar-refractivity contribution in [1.82, 2.24) is 0 Å². The van der Waals surface area contributed by atoms with Gasteiger partial charge in [-0.15, -0.1) is 0 Å². The van der Waals surface area contributed by atoms with Crippen LogP contribution >= 0.6 is 11.6 Å². The summed E-state index contributed by atoms with van der Waals surface area (Å²) < 4.78 is 23.8. The van der Waals surface area contributed by atoms with Gasteiger partial charge in [-0.2, -0.15) is 0 Å². The predicted molar refractivity (Wildman–Crippen MR) is 76.7 cm³/mol. The Labute approximate surface area is 122 Å². The van der Waals surface area contributed by atoms with Gasteiger partial charge in [-0.05, 0) is 35.9 Å². The molecule has 0 aliphatic carbocycles. The average molecular weight is 296 g/mol. The van der Waals surface area contributed by atoms with Gasteiger partial charge in [-0.1, -0.05) is 23.7 Å². The molecule has 20 heavy (non-hydrogen) atoms. The van der Waals surface area contributed by atoms with Crippen molar-refractivity contribution in [2.24, 2.45) is 5.73 Å². The third kappa shape index (κ3) is 4.11. The molecule has 0 radical (unpaired) electrons. The minimum absolute atomic E-state index is 0.245. The van der Waals surface area contributed by atoms with Gasteiger partial charge < -0.3 is 15.2 Å². The van der Waals surface area contributed by atoms with E-state index in [1.54, 1.807) is 0 Å². The molecule has 5 heteroatoms. The maximum absolute atomic E-state index is 12.9. The normalized spacial score (nSPS) is 10.3. The number of hydrogen-bond acceptors (Lipinski definition) is 3. The van der Waals surface area contributed by atoms with E-state index in [9.17, 15) is 4.39 Å². The van der Waals surface area contributed by atoms with E-state index in [4.69, 9.17) is 26.8 Å². The van der Waals surface area contributed by atoms with Crippen molar-refractivity contribution in [3.05, 3.63) is 58.9 Å². The zero-order chi connectivity index (χ0) is 14.4. The topological polar surface area (TPSA) is 44.5 Å². The number of halogens is 2. The van der Waals surface area contributed by atoms with Crippen molar-refractivity contribution in [3.63, 3.8) is 0 Å². The molecule has 0 saturated heterocycles. The van der Waals surface area contributed by atoms with Gasteiger partial charge in [-0.25, -0.2) is 4.39 Å². The van der Waals surface area contributed by atoms with Crippen LogP contribution in [0.3, 0.4) is 0 Å². The lowest BCUT2D eigenvalue weighted by Crippen LogP contribution is -2.09. The van der Waals surface area contributed by atoms with Crippen LogP contribution in [0.2, 0.25) is 5.02 Å². The summed E-state index contributed by atoms with van der Waals surface area (Å²) in [5, 5.41) is 0.245. The highest BCUT2D eigenvalue weighted by Gasteiger charge is 2.03. The average Bonchev–Trinajstić information content (AvgIpc) is 2.45. The molecular formula is C15H15ClFNO2. The van der Waals surface area contributed by atoms with Crippen LogP contribution in [0.25, 0.3) is 0 Å². The molecule has 2 aromatic carbocycles. The van der Waals surface area contributed by atoms with E-state index < -0.39 is 5.82 Å². The molecule has 0 aliphatic rings. The molecule has 106 valence electrons. The fraction of sp³-hybridized carbons (Fsp3) is 0.200. The zero-order valence-electron chi connectivity index (χ0n) is 10.8. The van der Waals surface area contributed by atoms with Crippen molar-refractivity contribution in [3.8, 4) is 11.5 Å². The van der Waals surface area contributed by atoms with Gasteiger partial charge in [-0.3, -0.25) is 0 Å². The van der Waals surface area contributed by atoms with Crippen molar-refractivity contribution >= 4 is 11.6 Å². The fourth-order valence-electron chi connectivity index (χ4n) is 1.67. The molecule has 0 amide bonds. The molecule has 0 fully saturated rings. The summed E-state index contributed by atoms with van der Waals surface area (Å²) in [6.45, 7) is 1.15. The summed E-state index contributed by atoms with van der Waals surface area (Å²) in [7, 11) is 0. The largest absolute Gasteiger partial charge is 0.490 e. The van der Waals surface area contributed by atoms with E-state index in [0.717, 1.165) is 11.3 Å². The maximum Gasteiger partial charge on any atom is 0.138 e. The molecule has 2 aromatic rings. The van der Waals surface area contributed by atoms with E-state index in [-0.39, 0.29) is 5.02 Å². The Morgan fingerprint density at radius 3 is 2.60 bits per heavy atom. The van der Waals surface area contributed by atoms with Crippen LogP contribution in [0.1, 0.15) is 5.56 Å². The highest BCUT2D eigenvalue weighted by molar-refractivity contribution is 6.32. The summed E-state index contributed by atoms with van der Waals surface area (Å²) in [5.74, 6) is 0.784.